The van der Waals surface area contributed by atoms with Crippen LogP contribution in [0.2, 0.25) is 0 Å². The summed E-state index contributed by atoms with van der Waals surface area (Å²) in [5.41, 5.74) is 9.60. The van der Waals surface area contributed by atoms with E-state index in [1.54, 1.807) is 251 Å². The predicted octanol–water partition coefficient (Wildman–Crippen LogP) is 24.5. The van der Waals surface area contributed by atoms with Gasteiger partial charge in [-0.1, -0.05) is 170 Å². The number of nitrogens with zero attached hydrogens (tertiary/aromatic N) is 4. The van der Waals surface area contributed by atoms with Crippen LogP contribution in [-0.2, 0) is 40.9 Å². The third kappa shape index (κ3) is 18.7. The van der Waals surface area contributed by atoms with Crippen molar-refractivity contribution in [3.05, 3.63) is 306 Å². The fraction of sp³-hybridized carbons (Fsp3) is 0.327. The van der Waals surface area contributed by atoms with Crippen molar-refractivity contribution >= 4 is 0 Å². The first-order chi connectivity index (χ1) is 65.9. The highest BCUT2D eigenvalue weighted by atomic mass is 14.9. The molecule has 4 heteroatoms. The molecular formula is C101H122N4+4. The summed E-state index contributed by atoms with van der Waals surface area (Å²) in [6, 6.07) is 44.4. The summed E-state index contributed by atoms with van der Waals surface area (Å²) < 4.78 is 339. The largest absolute Gasteiger partial charge is 0.212 e. The minimum absolute atomic E-state index is 0.00468. The standard InChI is InChI=1S/C27H34N.C26H32N.C25H30N.C23H26N/c1-18-11-9-10-12-23(18)24-15-25(20(3)13-19(24)2)26-14-22(16-27(5,6)7)21(4)17-28(26)8;1-17(2)12-22-14-26(27(7)16-21(22)6)25-15-24(19(4)13-20(25)5)23-11-9-8-10-18(23)3;1-16(2)22-14-25(26(7)15-20(22)6)24-13-23(18(4)12-19(24)5)21-11-9-8-10-17(21)3;1-15-9-7-8-10-20(15)21-13-22(18(4)11-17(21)3)23-12-16(2)19(5)14-24(23)6/h9-15,17H,16H2,1-8H3;8-11,13-17H,12H2,1-7H3;8-16H,1-7H3;7-14H,1-6H3/q4*+1/i1D3,2D3,4D3,16D2;3D3,4D3,6D3,12D2;3D3,4D3,6D3,16D;1D3,3D3,5D3. The van der Waals surface area contributed by atoms with Crippen LogP contribution in [0.5, 0.6) is 0 Å². The number of aryl methyl sites for hydroxylation is 21. The Balaban J connectivity index is 0.000000217. The van der Waals surface area contributed by atoms with Crippen LogP contribution in [0, 0.1) is 128 Å². The van der Waals surface area contributed by atoms with Gasteiger partial charge < -0.3 is 0 Å². The molecule has 4 nitrogen and oxygen atoms in total. The van der Waals surface area contributed by atoms with Gasteiger partial charge in [0.1, 0.15) is 28.2 Å². The molecule has 105 heavy (non-hydrogen) atoms. The van der Waals surface area contributed by atoms with Crippen LogP contribution in [0.3, 0.4) is 0 Å². The van der Waals surface area contributed by atoms with Gasteiger partial charge in [-0.3, -0.25) is 0 Å². The van der Waals surface area contributed by atoms with E-state index in [9.17, 15) is 0 Å². The van der Waals surface area contributed by atoms with Gasteiger partial charge in [0.05, 0.1) is 0 Å². The predicted molar refractivity (Wildman–Crippen MR) is 450 cm³/mol. The molecule has 0 aliphatic carbocycles. The number of hydrogen-bond donors (Lipinski definition) is 0. The normalized spacial score (nSPS) is 18.9. The highest BCUT2D eigenvalue weighted by Crippen LogP contribution is 2.39. The van der Waals surface area contributed by atoms with Gasteiger partial charge in [-0.2, -0.15) is 0 Å². The number of hydrogen-bond acceptors (Lipinski definition) is 0. The monoisotopic (exact) mass is 1430 g/mol. The number of pyridine rings is 4. The minimum atomic E-state index is -2.58. The van der Waals surface area contributed by atoms with Gasteiger partial charge >= 0.3 is 0 Å². The van der Waals surface area contributed by atoms with Crippen LogP contribution in [0.15, 0.2) is 195 Å². The first-order valence-electron chi connectivity index (χ1n) is 55.1. The van der Waals surface area contributed by atoms with Gasteiger partial charge in [0.25, 0.3) is 0 Å². The first kappa shape index (κ1) is 40.7. The van der Waals surface area contributed by atoms with Gasteiger partial charge in [0, 0.05) is 125 Å². The highest BCUT2D eigenvalue weighted by Gasteiger charge is 2.25. The zero-order valence-corrected chi connectivity index (χ0v) is 62.8. The molecule has 8 aromatic carbocycles. The Morgan fingerprint density at radius 1 is 0.295 bits per heavy atom. The second-order valence-corrected chi connectivity index (χ2v) is 28.4. The number of benzene rings is 8. The SMILES string of the molecule is [2H]C([2H])([2H])c1c[n+](C)c(-c2cc(-c3ccccc3C([2H])([2H])[2H])c(C([2H])([2H])[2H])cc2C)cc1C.[2H]C([2H])([2H])c1ccccc1-c1cc(-c2cc(C([2H])(C)C)c(C([2H])([2H])[2H])c[n+]2C)c(C)cc1C([2H])([2H])[2H].[2H]C([2H])([2H])c1ccccc1-c1cc(-c2cc(C([2H])([2H])C(C)(C)C)c(C([2H])([2H])[2H])c[n+]2C)c(C)cc1C([2H])([2H])[2H].[2H]C([2H])([2H])c1ccccc1-c1cc(-c2cc(C([2H])([2H])C(C)C)c(C([2H])([2H])[2H])c[n+]2C)c(C)cc1C([2H])([2H])[2H]. The van der Waals surface area contributed by atoms with Gasteiger partial charge in [0.15, 0.2) is 24.8 Å². The molecule has 0 fully saturated rings. The van der Waals surface area contributed by atoms with E-state index in [-0.39, 0.29) is 106 Å². The lowest BCUT2D eigenvalue weighted by molar-refractivity contribution is -0.660. The Hall–Kier alpha value is -9.64. The van der Waals surface area contributed by atoms with E-state index in [4.69, 9.17) is 56.2 Å². The van der Waals surface area contributed by atoms with E-state index >= 15 is 0 Å². The Morgan fingerprint density at radius 3 is 0.895 bits per heavy atom. The zero-order valence-electron chi connectivity index (χ0n) is 104. The molecule has 12 rings (SSSR count). The highest BCUT2D eigenvalue weighted by molar-refractivity contribution is 5.81. The number of rotatable bonds is 12. The van der Waals surface area contributed by atoms with Crippen molar-refractivity contribution in [2.75, 3.05) is 0 Å². The summed E-state index contributed by atoms with van der Waals surface area (Å²) in [5, 5.41) is 0. The van der Waals surface area contributed by atoms with Crippen molar-refractivity contribution in [2.24, 2.45) is 39.5 Å². The van der Waals surface area contributed by atoms with Gasteiger partial charge in [-0.15, -0.1) is 0 Å². The van der Waals surface area contributed by atoms with E-state index in [1.165, 1.54) is 73.2 Å². The lowest BCUT2D eigenvalue weighted by Gasteiger charge is -2.20. The molecule has 0 amide bonds. The van der Waals surface area contributed by atoms with Crippen LogP contribution < -0.4 is 18.3 Å². The molecule has 0 radical (unpaired) electrons. The van der Waals surface area contributed by atoms with Crippen molar-refractivity contribution < 1.29 is 74.5 Å². The third-order valence-corrected chi connectivity index (χ3v) is 18.2. The summed E-state index contributed by atoms with van der Waals surface area (Å²) >= 11 is 0. The molecule has 542 valence electrons. The van der Waals surface area contributed by atoms with Gasteiger partial charge in [0.2, 0.25) is 22.8 Å². The second-order valence-electron chi connectivity index (χ2n) is 28.4. The van der Waals surface area contributed by atoms with E-state index in [1.807, 2.05) is 0 Å². The van der Waals surface area contributed by atoms with Crippen molar-refractivity contribution in [2.45, 2.75) is 184 Å². The third-order valence-electron chi connectivity index (χ3n) is 18.2. The summed E-state index contributed by atoms with van der Waals surface area (Å²) in [7, 11) is 6.72. The van der Waals surface area contributed by atoms with Gasteiger partial charge in [-0.25, -0.2) is 18.3 Å². The molecular weight excluding hydrogens is 1270 g/mol. The van der Waals surface area contributed by atoms with Crippen LogP contribution in [0.1, 0.15) is 222 Å². The van der Waals surface area contributed by atoms with Crippen molar-refractivity contribution in [3.8, 4) is 89.5 Å². The van der Waals surface area contributed by atoms with Gasteiger partial charge in [-0.05, 0) is 305 Å². The molecule has 12 aromatic rings. The molecule has 0 bridgehead atoms. The van der Waals surface area contributed by atoms with Crippen molar-refractivity contribution in [1.29, 1.82) is 0 Å². The van der Waals surface area contributed by atoms with Crippen molar-refractivity contribution in [3.63, 3.8) is 0 Å². The molecule has 0 unspecified atom stereocenters. The Bertz CT molecular complexity index is 6860. The van der Waals surface area contributed by atoms with E-state index in [2.05, 4.69) is 0 Å². The van der Waals surface area contributed by atoms with Crippen LogP contribution >= 0.6 is 0 Å². The maximum atomic E-state index is 8.88. The Labute approximate surface area is 691 Å². The zero-order chi connectivity index (χ0) is 111. The molecule has 0 N–H and O–H groups in total. The summed E-state index contributed by atoms with van der Waals surface area (Å²) in [6.07, 6.45) is 1.85. The Morgan fingerprint density at radius 2 is 0.581 bits per heavy atom. The van der Waals surface area contributed by atoms with E-state index < -0.39 is 112 Å². The summed E-state index contributed by atoms with van der Waals surface area (Å²) in [4.78, 5) is 0. The topological polar surface area (TPSA) is 15.5 Å². The summed E-state index contributed by atoms with van der Waals surface area (Å²) in [5.74, 6) is -1.74. The lowest BCUT2D eigenvalue weighted by Crippen LogP contribution is -2.32. The molecule has 0 saturated carbocycles. The maximum Gasteiger partial charge on any atom is 0.212 e. The van der Waals surface area contributed by atoms with E-state index in [0.29, 0.717) is 95.1 Å². The summed E-state index contributed by atoms with van der Waals surface area (Å²) in [6.45, 7) is -9.30. The van der Waals surface area contributed by atoms with E-state index in [0.717, 1.165) is 0 Å². The molecule has 0 aliphatic rings. The van der Waals surface area contributed by atoms with Crippen molar-refractivity contribution in [1.82, 2.24) is 0 Å². The minimum Gasteiger partial charge on any atom is -0.201 e. The Kier molecular flexibility index (Phi) is 13.1. The lowest BCUT2D eigenvalue weighted by atomic mass is 9.85. The second kappa shape index (κ2) is 33.6. The maximum absolute atomic E-state index is 8.88. The molecule has 4 heterocycles. The molecule has 0 atom stereocenters. The fourth-order valence-electron chi connectivity index (χ4n) is 12.8. The molecule has 4 aromatic heterocycles. The van der Waals surface area contributed by atoms with Crippen LogP contribution in [-0.4, -0.2) is 0 Å². The average molecular weight is 1430 g/mol. The number of aromatic nitrogens is 4. The first-order valence-corrected chi connectivity index (χ1v) is 34.6. The van der Waals surface area contributed by atoms with Crippen LogP contribution in [0.25, 0.3) is 89.5 Å². The fourth-order valence-corrected chi connectivity index (χ4v) is 12.8. The smallest absolute Gasteiger partial charge is 0.201 e. The quantitative estimate of drug-likeness (QED) is 0.108. The van der Waals surface area contributed by atoms with Crippen LogP contribution in [0.4, 0.5) is 0 Å². The average Bonchev–Trinajstić information content (AvgIpc) is 0.732. The molecule has 0 aliphatic heterocycles. The molecule has 0 spiro atoms. The molecule has 0 saturated heterocycles.